The second-order valence-electron chi connectivity index (χ2n) is 3.21. The molecule has 0 fully saturated rings. The lowest BCUT2D eigenvalue weighted by atomic mass is 10.1. The molecule has 1 heterocycles. The van der Waals surface area contributed by atoms with Crippen molar-refractivity contribution in [3.63, 3.8) is 0 Å². The predicted octanol–water partition coefficient (Wildman–Crippen LogP) is 2.99. The Balaban J connectivity index is 3.45. The van der Waals surface area contributed by atoms with Gasteiger partial charge in [0.1, 0.15) is 5.75 Å². The number of hydrogen-bond donors (Lipinski definition) is 0. The van der Waals surface area contributed by atoms with E-state index in [1.54, 1.807) is 0 Å². The number of rotatable bonds is 4. The Hall–Kier alpha value is -2.11. The third kappa shape index (κ3) is 3.67. The summed E-state index contributed by atoms with van der Waals surface area (Å²) < 4.78 is 70.2. The lowest BCUT2D eigenvalue weighted by Gasteiger charge is -2.17. The van der Waals surface area contributed by atoms with E-state index in [2.05, 4.69) is 14.5 Å². The van der Waals surface area contributed by atoms with E-state index in [0.29, 0.717) is 6.20 Å². The molecule has 19 heavy (non-hydrogen) atoms. The van der Waals surface area contributed by atoms with Crippen LogP contribution in [0, 0.1) is 11.3 Å². The highest BCUT2D eigenvalue weighted by Crippen LogP contribution is 2.38. The van der Waals surface area contributed by atoms with Gasteiger partial charge in [0.2, 0.25) is 5.88 Å². The fourth-order valence-corrected chi connectivity index (χ4v) is 1.34. The molecule has 0 amide bonds. The van der Waals surface area contributed by atoms with Crippen LogP contribution in [0.3, 0.4) is 0 Å². The summed E-state index contributed by atoms with van der Waals surface area (Å²) in [5.74, 6) is -1.51. The zero-order valence-corrected chi connectivity index (χ0v) is 9.46. The number of alkyl halides is 5. The van der Waals surface area contributed by atoms with Crippen LogP contribution in [-0.2, 0) is 6.42 Å². The van der Waals surface area contributed by atoms with E-state index in [9.17, 15) is 22.0 Å². The number of aromatic nitrogens is 1. The lowest BCUT2D eigenvalue weighted by Crippen LogP contribution is -2.20. The minimum Gasteiger partial charge on any atom is -0.481 e. The van der Waals surface area contributed by atoms with Crippen molar-refractivity contribution in [1.29, 1.82) is 5.26 Å². The standard InChI is InChI=1S/C10H7F5N2O2/c1-18-9-5(2-3-16)7(19-10(13,14)15)6(4-17-9)8(11)12/h4,8H,2H2,1H3. The molecule has 1 aromatic heterocycles. The molecular weight excluding hydrogens is 275 g/mol. The van der Waals surface area contributed by atoms with E-state index in [-0.39, 0.29) is 5.88 Å². The molecule has 0 aromatic carbocycles. The van der Waals surface area contributed by atoms with Crippen LogP contribution in [0.15, 0.2) is 6.20 Å². The van der Waals surface area contributed by atoms with Gasteiger partial charge in [-0.1, -0.05) is 0 Å². The number of nitriles is 1. The summed E-state index contributed by atoms with van der Waals surface area (Å²) in [6.45, 7) is 0. The van der Waals surface area contributed by atoms with Crippen LogP contribution in [0.4, 0.5) is 22.0 Å². The number of ether oxygens (including phenoxy) is 2. The minimum atomic E-state index is -5.17. The SMILES string of the molecule is COc1ncc(C(F)F)c(OC(F)(F)F)c1CC#N. The molecule has 0 saturated carbocycles. The van der Waals surface area contributed by atoms with Crippen LogP contribution in [0.25, 0.3) is 0 Å². The van der Waals surface area contributed by atoms with Crippen molar-refractivity contribution in [1.82, 2.24) is 4.98 Å². The molecule has 0 saturated heterocycles. The highest BCUT2D eigenvalue weighted by Gasteiger charge is 2.35. The smallest absolute Gasteiger partial charge is 0.481 e. The summed E-state index contributed by atoms with van der Waals surface area (Å²) in [6, 6.07) is 1.54. The first-order valence-corrected chi connectivity index (χ1v) is 4.76. The van der Waals surface area contributed by atoms with Gasteiger partial charge in [0.25, 0.3) is 6.43 Å². The summed E-state index contributed by atoms with van der Waals surface area (Å²) in [6.07, 6.45) is -8.48. The summed E-state index contributed by atoms with van der Waals surface area (Å²) in [7, 11) is 1.09. The second kappa shape index (κ2) is 5.69. The second-order valence-corrected chi connectivity index (χ2v) is 3.21. The van der Waals surface area contributed by atoms with Gasteiger partial charge in [-0.15, -0.1) is 13.2 Å². The Morgan fingerprint density at radius 3 is 2.47 bits per heavy atom. The third-order valence-electron chi connectivity index (χ3n) is 2.02. The first kappa shape index (κ1) is 14.9. The molecule has 1 rings (SSSR count). The van der Waals surface area contributed by atoms with Gasteiger partial charge in [-0.05, 0) is 0 Å². The highest BCUT2D eigenvalue weighted by atomic mass is 19.4. The zero-order chi connectivity index (χ0) is 14.6. The number of halogens is 5. The third-order valence-corrected chi connectivity index (χ3v) is 2.02. The maximum atomic E-state index is 12.6. The van der Waals surface area contributed by atoms with Gasteiger partial charge >= 0.3 is 6.36 Å². The normalized spacial score (nSPS) is 11.3. The van der Waals surface area contributed by atoms with Crippen LogP contribution in [-0.4, -0.2) is 18.5 Å². The van der Waals surface area contributed by atoms with Crippen LogP contribution in [0.5, 0.6) is 11.6 Å². The average molecular weight is 282 g/mol. The van der Waals surface area contributed by atoms with Gasteiger partial charge in [-0.2, -0.15) is 5.26 Å². The van der Waals surface area contributed by atoms with E-state index in [0.717, 1.165) is 7.11 Å². The molecular formula is C10H7F5N2O2. The van der Waals surface area contributed by atoms with Crippen molar-refractivity contribution < 1.29 is 31.4 Å². The van der Waals surface area contributed by atoms with E-state index in [1.807, 2.05) is 0 Å². The van der Waals surface area contributed by atoms with E-state index < -0.39 is 36.1 Å². The highest BCUT2D eigenvalue weighted by molar-refractivity contribution is 5.47. The molecule has 0 aliphatic rings. The molecule has 9 heteroatoms. The molecule has 0 atom stereocenters. The summed E-state index contributed by atoms with van der Waals surface area (Å²) in [5.41, 5.74) is -1.52. The molecule has 0 unspecified atom stereocenters. The van der Waals surface area contributed by atoms with Gasteiger partial charge in [-0.3, -0.25) is 0 Å². The van der Waals surface area contributed by atoms with Crippen molar-refractivity contribution in [2.24, 2.45) is 0 Å². The molecule has 4 nitrogen and oxygen atoms in total. The number of hydrogen-bond acceptors (Lipinski definition) is 4. The zero-order valence-electron chi connectivity index (χ0n) is 9.46. The average Bonchev–Trinajstić information content (AvgIpc) is 2.29. The predicted molar refractivity (Wildman–Crippen MR) is 51.7 cm³/mol. The van der Waals surface area contributed by atoms with Crippen molar-refractivity contribution >= 4 is 0 Å². The summed E-state index contributed by atoms with van der Waals surface area (Å²) >= 11 is 0. The van der Waals surface area contributed by atoms with Crippen LogP contribution in [0.2, 0.25) is 0 Å². The first-order chi connectivity index (χ1) is 8.80. The summed E-state index contributed by atoms with van der Waals surface area (Å²) in [5, 5.41) is 8.53. The lowest BCUT2D eigenvalue weighted by molar-refractivity contribution is -0.275. The topological polar surface area (TPSA) is 55.1 Å². The van der Waals surface area contributed by atoms with Crippen LogP contribution < -0.4 is 9.47 Å². The number of methoxy groups -OCH3 is 1. The molecule has 0 bridgehead atoms. The summed E-state index contributed by atoms with van der Waals surface area (Å²) in [4.78, 5) is 3.43. The molecule has 0 aliphatic carbocycles. The van der Waals surface area contributed by atoms with Gasteiger partial charge < -0.3 is 9.47 Å². The molecule has 0 N–H and O–H groups in total. The fraction of sp³-hybridized carbons (Fsp3) is 0.400. The molecule has 0 radical (unpaired) electrons. The molecule has 0 aliphatic heterocycles. The van der Waals surface area contributed by atoms with Gasteiger partial charge in [0, 0.05) is 6.20 Å². The number of pyridine rings is 1. The maximum absolute atomic E-state index is 12.6. The number of nitrogens with zero attached hydrogens (tertiary/aromatic N) is 2. The van der Waals surface area contributed by atoms with Gasteiger partial charge in [-0.25, -0.2) is 13.8 Å². The monoisotopic (exact) mass is 282 g/mol. The Bertz CT molecular complexity index is 496. The Labute approximate surface area is 104 Å². The van der Waals surface area contributed by atoms with Crippen molar-refractivity contribution in [2.75, 3.05) is 7.11 Å². The largest absolute Gasteiger partial charge is 0.573 e. The van der Waals surface area contributed by atoms with Gasteiger partial charge in [0.15, 0.2) is 0 Å². The Morgan fingerprint density at radius 1 is 1.42 bits per heavy atom. The van der Waals surface area contributed by atoms with Crippen molar-refractivity contribution in [2.45, 2.75) is 19.2 Å². The Kier molecular flexibility index (Phi) is 4.47. The van der Waals surface area contributed by atoms with Crippen molar-refractivity contribution in [3.05, 3.63) is 17.3 Å². The van der Waals surface area contributed by atoms with E-state index in [1.165, 1.54) is 6.07 Å². The van der Waals surface area contributed by atoms with Crippen LogP contribution in [0.1, 0.15) is 17.6 Å². The minimum absolute atomic E-state index is 0.370. The molecule has 0 spiro atoms. The molecule has 104 valence electrons. The fourth-order valence-electron chi connectivity index (χ4n) is 1.34. The maximum Gasteiger partial charge on any atom is 0.573 e. The van der Waals surface area contributed by atoms with Crippen LogP contribution >= 0.6 is 0 Å². The van der Waals surface area contributed by atoms with E-state index >= 15 is 0 Å². The Morgan fingerprint density at radius 2 is 2.05 bits per heavy atom. The van der Waals surface area contributed by atoms with E-state index in [4.69, 9.17) is 5.26 Å². The molecule has 1 aromatic rings. The quantitative estimate of drug-likeness (QED) is 0.797. The van der Waals surface area contributed by atoms with Crippen molar-refractivity contribution in [3.8, 4) is 17.7 Å². The first-order valence-electron chi connectivity index (χ1n) is 4.76. The van der Waals surface area contributed by atoms with Gasteiger partial charge in [0.05, 0.1) is 30.7 Å².